The molecule has 0 spiro atoms. The number of methoxy groups -OCH3 is 1. The number of amides is 4. The Morgan fingerprint density at radius 1 is 1.04 bits per heavy atom. The first-order chi connectivity index (χ1) is 23.7. The second kappa shape index (κ2) is 15.6. The van der Waals surface area contributed by atoms with Crippen molar-refractivity contribution in [3.05, 3.63) is 35.2 Å². The van der Waals surface area contributed by atoms with Gasteiger partial charge in [-0.15, -0.1) is 0 Å². The van der Waals surface area contributed by atoms with Gasteiger partial charge in [0.05, 0.1) is 25.4 Å². The van der Waals surface area contributed by atoms with E-state index in [1.807, 2.05) is 0 Å². The highest BCUT2D eigenvalue weighted by Gasteiger charge is 2.46. The largest absolute Gasteiger partial charge is 0.465 e. The van der Waals surface area contributed by atoms with Crippen molar-refractivity contribution in [1.82, 2.24) is 29.4 Å². The van der Waals surface area contributed by atoms with E-state index in [1.54, 1.807) is 47.9 Å². The highest BCUT2D eigenvalue weighted by molar-refractivity contribution is 7.88. The van der Waals surface area contributed by atoms with Gasteiger partial charge in [-0.3, -0.25) is 10.1 Å². The topological polar surface area (TPSA) is 194 Å². The molecular weight excluding hydrogens is 690 g/mol. The molecule has 1 aromatic carbocycles. The third kappa shape index (κ3) is 8.52. The predicted molar refractivity (Wildman–Crippen MR) is 186 cm³/mol. The minimum Gasteiger partial charge on any atom is -0.465 e. The van der Waals surface area contributed by atoms with E-state index in [-0.39, 0.29) is 47.2 Å². The number of anilines is 1. The molecule has 0 radical (unpaired) electrons. The van der Waals surface area contributed by atoms with E-state index < -0.39 is 34.3 Å². The zero-order valence-corrected chi connectivity index (χ0v) is 30.3. The molecule has 4 amide bonds. The minimum absolute atomic E-state index is 0.0539. The molecule has 4 N–H and O–H groups in total. The molecule has 3 saturated heterocycles. The van der Waals surface area contributed by atoms with Crippen molar-refractivity contribution in [3.8, 4) is 11.3 Å². The smallest absolute Gasteiger partial charge is 0.411 e. The number of rotatable bonds is 9. The number of carbonyl (C=O) groups is 4. The van der Waals surface area contributed by atoms with E-state index in [2.05, 4.69) is 20.4 Å². The van der Waals surface area contributed by atoms with Gasteiger partial charge in [-0.05, 0) is 62.0 Å². The number of nitrogens with one attached hydrogen (secondary N) is 3. The molecule has 0 bridgehead atoms. The van der Waals surface area contributed by atoms with Crippen LogP contribution in [0.1, 0.15) is 57.8 Å². The number of hydrogen-bond donors (Lipinski definition) is 4. The first kappa shape index (κ1) is 37.4. The Morgan fingerprint density at radius 3 is 2.32 bits per heavy atom. The van der Waals surface area contributed by atoms with Gasteiger partial charge in [0.15, 0.2) is 5.78 Å². The van der Waals surface area contributed by atoms with Crippen LogP contribution in [0.4, 0.5) is 20.1 Å². The van der Waals surface area contributed by atoms with Crippen molar-refractivity contribution < 1.29 is 37.4 Å². The number of carboxylic acid groups (broad SMARTS) is 1. The molecule has 3 aliphatic heterocycles. The van der Waals surface area contributed by atoms with E-state index in [9.17, 15) is 27.6 Å². The first-order valence-electron chi connectivity index (χ1n) is 16.9. The third-order valence-electron chi connectivity index (χ3n) is 10.2. The van der Waals surface area contributed by atoms with Gasteiger partial charge in [0.1, 0.15) is 16.7 Å². The van der Waals surface area contributed by atoms with Crippen LogP contribution < -0.4 is 10.6 Å². The molecule has 4 heterocycles. The summed E-state index contributed by atoms with van der Waals surface area (Å²) in [6, 6.07) is 5.43. The number of urea groups is 1. The van der Waals surface area contributed by atoms with Gasteiger partial charge in [0, 0.05) is 49.9 Å². The Hall–Kier alpha value is -3.89. The molecular formula is C33H46ClN7O8S. The number of halogens is 1. The summed E-state index contributed by atoms with van der Waals surface area (Å²) in [4.78, 5) is 62.4. The van der Waals surface area contributed by atoms with Crippen molar-refractivity contribution in [3.63, 3.8) is 0 Å². The average Bonchev–Trinajstić information content (AvgIpc) is 3.70. The second-order valence-corrected chi connectivity index (χ2v) is 16.1. The fourth-order valence-corrected chi connectivity index (χ4v) is 8.58. The number of carbonyl (C=O) groups excluding carboxylic acids is 3. The lowest BCUT2D eigenvalue weighted by Crippen LogP contribution is -2.56. The minimum atomic E-state index is -3.30. The van der Waals surface area contributed by atoms with Crippen LogP contribution in [0.3, 0.4) is 0 Å². The molecule has 4 atom stereocenters. The average molecular weight is 736 g/mol. The summed E-state index contributed by atoms with van der Waals surface area (Å²) in [5, 5.41) is 14.5. The number of nitrogens with zero attached hydrogens (tertiary/aromatic N) is 4. The number of aromatic nitrogens is 2. The van der Waals surface area contributed by atoms with E-state index >= 15 is 0 Å². The molecule has 2 unspecified atom stereocenters. The summed E-state index contributed by atoms with van der Waals surface area (Å²) in [6.45, 7) is 5.33. The predicted octanol–water partition coefficient (Wildman–Crippen LogP) is 4.64. The number of likely N-dealkylation sites (tertiary alicyclic amines) is 2. The number of H-pyrrole nitrogens is 1. The molecule has 0 aliphatic carbocycles. The molecule has 1 aromatic heterocycles. The molecule has 274 valence electrons. The Balaban J connectivity index is 1.43. The first-order valence-corrected chi connectivity index (χ1v) is 19.1. The number of Topliss-reactive ketones (excluding diaryl/α,β-unsaturated/α-hetero) is 1. The fraction of sp³-hybridized carbons (Fsp3) is 0.606. The van der Waals surface area contributed by atoms with Crippen LogP contribution in [0.25, 0.3) is 11.3 Å². The number of ketones is 1. The van der Waals surface area contributed by atoms with Crippen LogP contribution in [-0.2, 0) is 19.6 Å². The van der Waals surface area contributed by atoms with Gasteiger partial charge < -0.3 is 29.9 Å². The summed E-state index contributed by atoms with van der Waals surface area (Å²) < 4.78 is 30.5. The standard InChI is InChI=1S/C33H46ClN7O8S/c1-19(2)28(42)25-15-20(17-35-31(43)44)9-14-40(25)33(46)41-18-23(21-10-12-39(13-11-21)50(4,47)48)16-26(41)30-37-27(29(34)38-30)22-5-7-24(8-6-22)36-32(45)49-3/h5-8,19-21,23,25-26,35H,9-18H2,1-4H3,(H,36,45)(H,37,38)(H,43,44)/t20?,23-,25?,26-/m0/s1. The molecule has 15 nitrogen and oxygen atoms in total. The zero-order valence-electron chi connectivity index (χ0n) is 28.7. The van der Waals surface area contributed by atoms with Crippen LogP contribution in [0.15, 0.2) is 24.3 Å². The summed E-state index contributed by atoms with van der Waals surface area (Å²) in [7, 11) is -2.03. The Labute approximate surface area is 297 Å². The maximum absolute atomic E-state index is 14.6. The molecule has 5 rings (SSSR count). The number of sulfonamides is 1. The molecule has 50 heavy (non-hydrogen) atoms. The van der Waals surface area contributed by atoms with E-state index in [0.29, 0.717) is 81.1 Å². The van der Waals surface area contributed by atoms with Crippen LogP contribution in [0.2, 0.25) is 5.15 Å². The summed E-state index contributed by atoms with van der Waals surface area (Å²) in [5.74, 6) is 0.230. The van der Waals surface area contributed by atoms with Gasteiger partial charge in [0.2, 0.25) is 10.0 Å². The van der Waals surface area contributed by atoms with E-state index in [0.717, 1.165) is 0 Å². The number of ether oxygens (including phenoxy) is 1. The lowest BCUT2D eigenvalue weighted by molar-refractivity contribution is -0.128. The lowest BCUT2D eigenvalue weighted by Gasteiger charge is -2.42. The van der Waals surface area contributed by atoms with Crippen LogP contribution >= 0.6 is 11.6 Å². The Bertz CT molecular complexity index is 1680. The highest BCUT2D eigenvalue weighted by atomic mass is 35.5. The molecule has 3 aliphatic rings. The maximum atomic E-state index is 14.6. The van der Waals surface area contributed by atoms with Crippen molar-refractivity contribution in [2.24, 2.45) is 23.7 Å². The van der Waals surface area contributed by atoms with Crippen LogP contribution in [-0.4, -0.2) is 114 Å². The molecule has 2 aromatic rings. The third-order valence-corrected chi connectivity index (χ3v) is 11.8. The van der Waals surface area contributed by atoms with Gasteiger partial charge in [-0.2, -0.15) is 0 Å². The van der Waals surface area contributed by atoms with E-state index in [4.69, 9.17) is 21.7 Å². The van der Waals surface area contributed by atoms with Crippen molar-refractivity contribution in [2.45, 2.75) is 58.0 Å². The molecule has 3 fully saturated rings. The molecule has 17 heteroatoms. The number of imidazole rings is 1. The molecule has 0 saturated carbocycles. The Morgan fingerprint density at radius 2 is 1.72 bits per heavy atom. The van der Waals surface area contributed by atoms with Crippen LogP contribution in [0.5, 0.6) is 0 Å². The number of hydrogen-bond acceptors (Lipinski definition) is 8. The summed E-state index contributed by atoms with van der Waals surface area (Å²) >= 11 is 6.72. The van der Waals surface area contributed by atoms with Gasteiger partial charge in [-0.25, -0.2) is 32.1 Å². The lowest BCUT2D eigenvalue weighted by atomic mass is 9.83. The number of piperidine rings is 2. The Kier molecular flexibility index (Phi) is 11.6. The summed E-state index contributed by atoms with van der Waals surface area (Å²) in [6.07, 6.45) is 2.29. The van der Waals surface area contributed by atoms with Crippen molar-refractivity contribution in [2.75, 3.05) is 51.4 Å². The fourth-order valence-electron chi connectivity index (χ4n) is 7.46. The van der Waals surface area contributed by atoms with E-state index in [1.165, 1.54) is 17.7 Å². The second-order valence-electron chi connectivity index (χ2n) is 13.8. The van der Waals surface area contributed by atoms with Crippen molar-refractivity contribution in [1.29, 1.82) is 0 Å². The quantitative estimate of drug-likeness (QED) is 0.284. The monoisotopic (exact) mass is 735 g/mol. The van der Waals surface area contributed by atoms with Crippen molar-refractivity contribution >= 4 is 51.3 Å². The number of aromatic amines is 1. The normalized spacial score (nSPS) is 23.6. The van der Waals surface area contributed by atoms with Gasteiger partial charge >= 0.3 is 18.2 Å². The van der Waals surface area contributed by atoms with Crippen LogP contribution in [0, 0.1) is 23.7 Å². The highest BCUT2D eigenvalue weighted by Crippen LogP contribution is 2.43. The van der Waals surface area contributed by atoms with Gasteiger partial charge in [0.25, 0.3) is 0 Å². The maximum Gasteiger partial charge on any atom is 0.411 e. The number of benzene rings is 1. The SMILES string of the molecule is COC(=O)Nc1ccc(-c2nc([C@@H]3C[C@H](C4CCN(S(C)(=O)=O)CC4)CN3C(=O)N3CCC(CNC(=O)O)CC3C(=O)C(C)C)[nH]c2Cl)cc1. The summed E-state index contributed by atoms with van der Waals surface area (Å²) in [5.41, 5.74) is 1.69. The van der Waals surface area contributed by atoms with Gasteiger partial charge in [-0.1, -0.05) is 37.6 Å². The zero-order chi connectivity index (χ0) is 36.3.